The number of methoxy groups -OCH3 is 1. The molecule has 7 nitrogen and oxygen atoms in total. The van der Waals surface area contributed by atoms with Crippen LogP contribution >= 0.6 is 11.3 Å². The van der Waals surface area contributed by atoms with E-state index in [0.29, 0.717) is 42.9 Å². The number of hydrogen-bond acceptors (Lipinski definition) is 6. The Labute approximate surface area is 124 Å². The Hall–Kier alpha value is -1.55. The quantitative estimate of drug-likeness (QED) is 0.906. The highest BCUT2D eigenvalue weighted by atomic mass is 32.1. The molecule has 0 spiro atoms. The number of rotatable bonds is 4. The fourth-order valence-corrected chi connectivity index (χ4v) is 2.62. The van der Waals surface area contributed by atoms with E-state index in [1.807, 2.05) is 0 Å². The molecule has 0 bridgehead atoms. The maximum absolute atomic E-state index is 12.4. The van der Waals surface area contributed by atoms with Gasteiger partial charge < -0.3 is 9.64 Å². The molecule has 10 heteroatoms. The van der Waals surface area contributed by atoms with Crippen LogP contribution in [0.1, 0.15) is 6.42 Å². The molecule has 0 unspecified atom stereocenters. The molecule has 1 N–H and O–H groups in total. The number of nitrogens with zero attached hydrogens (tertiary/aromatic N) is 4. The van der Waals surface area contributed by atoms with E-state index in [1.54, 1.807) is 9.80 Å². The molecule has 2 amide bonds. The summed E-state index contributed by atoms with van der Waals surface area (Å²) in [6.45, 7) is 1.71. The number of carbonyl (C=O) groups is 1. The Morgan fingerprint density at radius 2 is 2.19 bits per heavy atom. The first kappa shape index (κ1) is 15.8. The molecule has 1 aliphatic rings. The molecule has 0 radical (unpaired) electrons. The van der Waals surface area contributed by atoms with Gasteiger partial charge in [-0.3, -0.25) is 10.2 Å². The minimum atomic E-state index is -2.35. The van der Waals surface area contributed by atoms with Gasteiger partial charge in [0, 0.05) is 26.2 Å². The maximum atomic E-state index is 12.4. The molecule has 0 aliphatic carbocycles. The molecule has 0 aromatic carbocycles. The second-order valence-corrected chi connectivity index (χ2v) is 5.48. The first-order valence-electron chi connectivity index (χ1n) is 6.52. The van der Waals surface area contributed by atoms with Gasteiger partial charge in [-0.1, -0.05) is 5.10 Å². The van der Waals surface area contributed by atoms with Crippen LogP contribution in [-0.4, -0.2) is 72.3 Å². The zero-order valence-corrected chi connectivity index (χ0v) is 12.4. The molecule has 1 aromatic rings. The number of aromatic nitrogens is 2. The third kappa shape index (κ3) is 4.74. The number of ether oxygens (including phenoxy) is 1. The van der Waals surface area contributed by atoms with Crippen molar-refractivity contribution >= 4 is 22.5 Å². The predicted molar refractivity (Wildman–Crippen MR) is 74.1 cm³/mol. The van der Waals surface area contributed by atoms with Crippen molar-refractivity contribution in [1.82, 2.24) is 20.0 Å². The van der Waals surface area contributed by atoms with Gasteiger partial charge in [-0.15, -0.1) is 5.10 Å². The fraction of sp³-hybridized carbons (Fsp3) is 0.727. The van der Waals surface area contributed by atoms with Gasteiger partial charge in [0.25, 0.3) is 11.6 Å². The Morgan fingerprint density at radius 3 is 2.86 bits per heavy atom. The van der Waals surface area contributed by atoms with Gasteiger partial charge >= 0.3 is 6.03 Å². The van der Waals surface area contributed by atoms with Crippen LogP contribution in [0.25, 0.3) is 0 Å². The molecule has 1 aliphatic heterocycles. The monoisotopic (exact) mass is 321 g/mol. The van der Waals surface area contributed by atoms with E-state index in [-0.39, 0.29) is 12.6 Å². The van der Waals surface area contributed by atoms with E-state index < -0.39 is 6.43 Å². The minimum absolute atomic E-state index is 0.247. The lowest BCUT2D eigenvalue weighted by atomic mass is 10.4. The average molecular weight is 321 g/mol. The van der Waals surface area contributed by atoms with Crippen LogP contribution < -0.4 is 10.1 Å². The van der Waals surface area contributed by atoms with Crippen molar-refractivity contribution in [3.05, 3.63) is 0 Å². The van der Waals surface area contributed by atoms with Gasteiger partial charge in [0.2, 0.25) is 5.13 Å². The highest BCUT2D eigenvalue weighted by molar-refractivity contribution is 7.17. The van der Waals surface area contributed by atoms with Crippen LogP contribution in [0.15, 0.2) is 0 Å². The highest BCUT2D eigenvalue weighted by Crippen LogP contribution is 2.21. The number of carbonyl (C=O) groups excluding carboxylic acids is 1. The topological polar surface area (TPSA) is 70.6 Å². The van der Waals surface area contributed by atoms with Crippen LogP contribution in [-0.2, 0) is 0 Å². The lowest BCUT2D eigenvalue weighted by molar-refractivity contribution is 0.0905. The second-order valence-electron chi connectivity index (χ2n) is 4.54. The molecule has 2 rings (SSSR count). The molecular formula is C11H17F2N5O2S. The van der Waals surface area contributed by atoms with Crippen molar-refractivity contribution in [2.75, 3.05) is 45.2 Å². The SMILES string of the molecule is COc1nnc(NC(=O)N2CCCN(CC(F)F)CC2)s1. The van der Waals surface area contributed by atoms with Gasteiger partial charge in [-0.2, -0.15) is 0 Å². The number of urea groups is 1. The number of halogens is 2. The van der Waals surface area contributed by atoms with E-state index in [9.17, 15) is 13.6 Å². The minimum Gasteiger partial charge on any atom is -0.472 e. The molecule has 0 saturated carbocycles. The van der Waals surface area contributed by atoms with Crippen molar-refractivity contribution in [2.45, 2.75) is 12.8 Å². The molecule has 1 saturated heterocycles. The van der Waals surface area contributed by atoms with Crippen LogP contribution in [0.3, 0.4) is 0 Å². The van der Waals surface area contributed by atoms with Gasteiger partial charge in [0.15, 0.2) is 0 Å². The van der Waals surface area contributed by atoms with E-state index in [0.717, 1.165) is 11.3 Å². The predicted octanol–water partition coefficient (Wildman–Crippen LogP) is 1.35. The average Bonchev–Trinajstić information content (AvgIpc) is 2.76. The van der Waals surface area contributed by atoms with Crippen LogP contribution in [0, 0.1) is 0 Å². The summed E-state index contributed by atoms with van der Waals surface area (Å²) in [5.74, 6) is 0. The molecule has 0 atom stereocenters. The fourth-order valence-electron chi connectivity index (χ4n) is 2.07. The molecular weight excluding hydrogens is 304 g/mol. The van der Waals surface area contributed by atoms with Crippen molar-refractivity contribution in [3.8, 4) is 5.19 Å². The lowest BCUT2D eigenvalue weighted by Gasteiger charge is -2.21. The smallest absolute Gasteiger partial charge is 0.323 e. The number of nitrogens with one attached hydrogen (secondary N) is 1. The summed E-state index contributed by atoms with van der Waals surface area (Å²) in [6, 6.07) is -0.298. The third-order valence-corrected chi connectivity index (χ3v) is 3.87. The molecule has 1 aromatic heterocycles. The largest absolute Gasteiger partial charge is 0.472 e. The van der Waals surface area contributed by atoms with Gasteiger partial charge in [0.05, 0.1) is 13.7 Å². The van der Waals surface area contributed by atoms with Gasteiger partial charge in [-0.05, 0) is 17.8 Å². The third-order valence-electron chi connectivity index (χ3n) is 3.07. The summed E-state index contributed by atoms with van der Waals surface area (Å²) >= 11 is 1.13. The first-order chi connectivity index (χ1) is 10.1. The summed E-state index contributed by atoms with van der Waals surface area (Å²) in [5.41, 5.74) is 0. The summed E-state index contributed by atoms with van der Waals surface area (Å²) in [6.07, 6.45) is -1.68. The Morgan fingerprint density at radius 1 is 1.38 bits per heavy atom. The van der Waals surface area contributed by atoms with Gasteiger partial charge in [-0.25, -0.2) is 13.6 Å². The van der Waals surface area contributed by atoms with Crippen LogP contribution in [0.5, 0.6) is 5.19 Å². The Kier molecular flexibility index (Phi) is 5.62. The Bertz CT molecular complexity index is 473. The van der Waals surface area contributed by atoms with Crippen molar-refractivity contribution in [3.63, 3.8) is 0 Å². The number of hydrogen-bond donors (Lipinski definition) is 1. The number of alkyl halides is 2. The zero-order chi connectivity index (χ0) is 15.2. The maximum Gasteiger partial charge on any atom is 0.323 e. The van der Waals surface area contributed by atoms with E-state index >= 15 is 0 Å². The summed E-state index contributed by atoms with van der Waals surface area (Å²) in [5, 5.41) is 10.8. The molecule has 118 valence electrons. The standard InChI is InChI=1S/C11H17F2N5O2S/c1-20-11-16-15-9(21-11)14-10(19)18-4-2-3-17(5-6-18)7-8(12)13/h8H,2-7H2,1H3,(H,14,15,19). The molecule has 2 heterocycles. The van der Waals surface area contributed by atoms with Crippen LogP contribution in [0.4, 0.5) is 18.7 Å². The summed E-state index contributed by atoms with van der Waals surface area (Å²) in [7, 11) is 1.47. The normalized spacial score (nSPS) is 16.9. The number of amides is 2. The first-order valence-corrected chi connectivity index (χ1v) is 7.34. The zero-order valence-electron chi connectivity index (χ0n) is 11.6. The highest BCUT2D eigenvalue weighted by Gasteiger charge is 2.21. The second kappa shape index (κ2) is 7.46. The summed E-state index contributed by atoms with van der Waals surface area (Å²) in [4.78, 5) is 15.4. The Balaban J connectivity index is 1.85. The lowest BCUT2D eigenvalue weighted by Crippen LogP contribution is -2.38. The molecule has 1 fully saturated rings. The molecule has 21 heavy (non-hydrogen) atoms. The summed E-state index contributed by atoms with van der Waals surface area (Å²) < 4.78 is 29.6. The van der Waals surface area contributed by atoms with Crippen molar-refractivity contribution in [2.24, 2.45) is 0 Å². The van der Waals surface area contributed by atoms with Crippen molar-refractivity contribution < 1.29 is 18.3 Å². The van der Waals surface area contributed by atoms with E-state index in [1.165, 1.54) is 7.11 Å². The van der Waals surface area contributed by atoms with Gasteiger partial charge in [0.1, 0.15) is 0 Å². The van der Waals surface area contributed by atoms with Crippen molar-refractivity contribution in [1.29, 1.82) is 0 Å². The van der Waals surface area contributed by atoms with E-state index in [2.05, 4.69) is 15.5 Å². The number of anilines is 1. The van der Waals surface area contributed by atoms with Crippen LogP contribution in [0.2, 0.25) is 0 Å². The van der Waals surface area contributed by atoms with E-state index in [4.69, 9.17) is 4.74 Å².